The Labute approximate surface area is 162 Å². The summed E-state index contributed by atoms with van der Waals surface area (Å²) in [7, 11) is 4.48. The van der Waals surface area contributed by atoms with E-state index in [1.165, 1.54) is 13.1 Å². The molecule has 2 fully saturated rings. The molecule has 150 valence electrons. The van der Waals surface area contributed by atoms with E-state index in [1.54, 1.807) is 0 Å². The van der Waals surface area contributed by atoms with Crippen molar-refractivity contribution in [2.75, 3.05) is 27.2 Å². The van der Waals surface area contributed by atoms with Crippen molar-refractivity contribution in [3.63, 3.8) is 0 Å². The Morgan fingerprint density at radius 2 is 1.08 bits per heavy atom. The maximum absolute atomic E-state index is 3.14. The summed E-state index contributed by atoms with van der Waals surface area (Å²) < 4.78 is 11.7. The van der Waals surface area contributed by atoms with Gasteiger partial charge in [0.2, 0.25) is 0 Å². The first-order chi connectivity index (χ1) is 11.2. The Balaban J connectivity index is 2.69. The van der Waals surface area contributed by atoms with Gasteiger partial charge in [0.05, 0.1) is 0 Å². The van der Waals surface area contributed by atoms with E-state index < -0.39 is 19.9 Å². The summed E-state index contributed by atoms with van der Waals surface area (Å²) in [4.78, 5) is 2.42. The van der Waals surface area contributed by atoms with Crippen molar-refractivity contribution in [1.82, 2.24) is 17.1 Å². The van der Waals surface area contributed by atoms with Gasteiger partial charge in [0, 0.05) is 0 Å². The fourth-order valence-corrected chi connectivity index (χ4v) is 24.5. The second-order valence-corrected chi connectivity index (χ2v) is 20.0. The normalized spacial score (nSPS) is 28.5. The molecular formula is C19H44N5Sb. The molecule has 0 radical (unpaired) electrons. The number of nitrogens with zero attached hydrogens (tertiary/aromatic N) is 5. The third kappa shape index (κ3) is 3.32. The SMILES string of the molecule is CC(C)[N]1C(N(C)C)[N](C(C)C)[SbH]12[N](C(C)(C)C)CC[N]2C(C)(C)C. The van der Waals surface area contributed by atoms with Gasteiger partial charge in [0.15, 0.2) is 0 Å². The van der Waals surface area contributed by atoms with E-state index >= 15 is 0 Å². The monoisotopic (exact) mass is 463 g/mol. The molecule has 6 heteroatoms. The van der Waals surface area contributed by atoms with Gasteiger partial charge in [-0.05, 0) is 0 Å². The van der Waals surface area contributed by atoms with E-state index in [9.17, 15) is 0 Å². The van der Waals surface area contributed by atoms with E-state index in [1.807, 2.05) is 0 Å². The molecule has 0 amide bonds. The first kappa shape index (κ1) is 21.9. The topological polar surface area (TPSA) is 16.2 Å². The molecule has 0 aromatic heterocycles. The molecule has 0 aromatic rings. The second-order valence-electron chi connectivity index (χ2n) is 10.6. The summed E-state index contributed by atoms with van der Waals surface area (Å²) in [5.41, 5.74) is 0.404. The van der Waals surface area contributed by atoms with Gasteiger partial charge in [-0.2, -0.15) is 0 Å². The zero-order valence-electron chi connectivity index (χ0n) is 18.9. The van der Waals surface area contributed by atoms with Crippen LogP contribution in [0.15, 0.2) is 0 Å². The minimum absolute atomic E-state index is 0.202. The van der Waals surface area contributed by atoms with E-state index in [0.29, 0.717) is 18.4 Å². The maximum atomic E-state index is 2.94. The molecule has 1 spiro atoms. The third-order valence-corrected chi connectivity index (χ3v) is 23.1. The molecule has 0 aromatic carbocycles. The Hall–Kier alpha value is 0.618. The quantitative estimate of drug-likeness (QED) is 0.596. The van der Waals surface area contributed by atoms with Crippen molar-refractivity contribution in [3.8, 4) is 0 Å². The van der Waals surface area contributed by atoms with Gasteiger partial charge in [-0.25, -0.2) is 0 Å². The number of rotatable bonds is 3. The first-order valence-corrected chi connectivity index (χ1v) is 15.1. The van der Waals surface area contributed by atoms with Crippen LogP contribution in [0.3, 0.4) is 0 Å². The molecule has 2 heterocycles. The van der Waals surface area contributed by atoms with E-state index in [2.05, 4.69) is 100 Å². The summed E-state index contributed by atoms with van der Waals surface area (Å²) in [5, 5.41) is 0. The van der Waals surface area contributed by atoms with Gasteiger partial charge in [-0.15, -0.1) is 0 Å². The summed E-state index contributed by atoms with van der Waals surface area (Å²) in [5.74, 6) is 0. The molecule has 2 aliphatic heterocycles. The molecule has 0 aliphatic carbocycles. The Kier molecular flexibility index (Phi) is 6.05. The zero-order valence-corrected chi connectivity index (χ0v) is 21.7. The predicted molar refractivity (Wildman–Crippen MR) is 111 cm³/mol. The van der Waals surface area contributed by atoms with Gasteiger partial charge in [-0.1, -0.05) is 0 Å². The molecule has 2 rings (SSSR count). The van der Waals surface area contributed by atoms with Crippen molar-refractivity contribution in [1.29, 1.82) is 0 Å². The van der Waals surface area contributed by atoms with Crippen LogP contribution in [0.25, 0.3) is 0 Å². The van der Waals surface area contributed by atoms with Crippen LogP contribution in [0.1, 0.15) is 69.2 Å². The summed E-state index contributed by atoms with van der Waals surface area (Å²) >= 11 is -3.14. The number of hydrogen-bond donors (Lipinski definition) is 0. The van der Waals surface area contributed by atoms with Crippen LogP contribution in [-0.2, 0) is 0 Å². The third-order valence-electron chi connectivity index (χ3n) is 5.66. The second kappa shape index (κ2) is 6.90. The Morgan fingerprint density at radius 3 is 1.28 bits per heavy atom. The van der Waals surface area contributed by atoms with Crippen LogP contribution in [0.2, 0.25) is 0 Å². The van der Waals surface area contributed by atoms with Crippen LogP contribution in [-0.4, -0.2) is 93.7 Å². The van der Waals surface area contributed by atoms with Crippen molar-refractivity contribution in [2.24, 2.45) is 0 Å². The van der Waals surface area contributed by atoms with Crippen LogP contribution in [0.4, 0.5) is 0 Å². The molecule has 2 saturated heterocycles. The van der Waals surface area contributed by atoms with Gasteiger partial charge in [0.1, 0.15) is 0 Å². The zero-order chi connectivity index (χ0) is 19.5. The first-order valence-electron chi connectivity index (χ1n) is 9.97. The van der Waals surface area contributed by atoms with E-state index in [0.717, 1.165) is 0 Å². The van der Waals surface area contributed by atoms with Crippen LogP contribution >= 0.6 is 0 Å². The molecular weight excluding hydrogens is 420 g/mol. The average molecular weight is 464 g/mol. The van der Waals surface area contributed by atoms with Crippen molar-refractivity contribution < 1.29 is 0 Å². The fourth-order valence-electron chi connectivity index (χ4n) is 5.02. The summed E-state index contributed by atoms with van der Waals surface area (Å²) in [6.45, 7) is 26.5. The van der Waals surface area contributed by atoms with Gasteiger partial charge in [0.25, 0.3) is 0 Å². The standard InChI is InChI=1S/C10H22N2.C9H21N3.Sb.H/c1-9(2,3)11-7-8-12-10(4,5)6;1-7(2)10-9(12(5)6)11-8(3)4;;/h7-8H2,1-6H3;7-9H,1-6H3;;/q2*-2;+4;. The fraction of sp³-hybridized carbons (Fsp3) is 1.00. The molecule has 0 unspecified atom stereocenters. The minimum atomic E-state index is -3.14. The molecule has 5 nitrogen and oxygen atoms in total. The molecule has 0 N–H and O–H groups in total. The van der Waals surface area contributed by atoms with Crippen molar-refractivity contribution in [3.05, 3.63) is 0 Å². The van der Waals surface area contributed by atoms with Crippen molar-refractivity contribution >= 4 is 19.9 Å². The predicted octanol–water partition coefficient (Wildman–Crippen LogP) is 2.65. The molecule has 0 saturated carbocycles. The average Bonchev–Trinajstić information content (AvgIpc) is 2.75. The molecule has 0 bridgehead atoms. The van der Waals surface area contributed by atoms with Crippen LogP contribution in [0, 0.1) is 0 Å². The summed E-state index contributed by atoms with van der Waals surface area (Å²) in [6, 6.07) is 1.12. The molecule has 0 atom stereocenters. The van der Waals surface area contributed by atoms with Gasteiger partial charge < -0.3 is 0 Å². The van der Waals surface area contributed by atoms with Crippen LogP contribution < -0.4 is 0 Å². The Bertz CT molecular complexity index is 437. The van der Waals surface area contributed by atoms with Gasteiger partial charge >= 0.3 is 163 Å². The van der Waals surface area contributed by atoms with Gasteiger partial charge in [-0.3, -0.25) is 0 Å². The van der Waals surface area contributed by atoms with E-state index in [-0.39, 0.29) is 11.1 Å². The summed E-state index contributed by atoms with van der Waals surface area (Å²) in [6.07, 6.45) is 0.420. The molecule has 25 heavy (non-hydrogen) atoms. The molecule has 2 aliphatic rings. The Morgan fingerprint density at radius 1 is 0.760 bits per heavy atom. The van der Waals surface area contributed by atoms with Crippen LogP contribution in [0.5, 0.6) is 0 Å². The van der Waals surface area contributed by atoms with Crippen molar-refractivity contribution in [2.45, 2.75) is 98.7 Å². The number of hydrogen-bond acceptors (Lipinski definition) is 5. The van der Waals surface area contributed by atoms with E-state index in [4.69, 9.17) is 0 Å².